The van der Waals surface area contributed by atoms with Crippen LogP contribution in [-0.2, 0) is 14.3 Å². The van der Waals surface area contributed by atoms with Crippen LogP contribution >= 0.6 is 0 Å². The van der Waals surface area contributed by atoms with E-state index in [0.29, 0.717) is 19.3 Å². The first-order chi connectivity index (χ1) is 8.30. The normalized spacial score (nSPS) is 19.6. The fraction of sp³-hybridized carbons (Fsp3) is 0.700. The van der Waals surface area contributed by atoms with Crippen molar-refractivity contribution in [2.45, 2.75) is 44.3 Å². The number of hydrogen-bond acceptors (Lipinski definition) is 4. The Balaban J connectivity index is 2.11. The number of cyclic esters (lactones) is 2. The molecule has 1 fully saturated rings. The fourth-order valence-electron chi connectivity index (χ4n) is 1.54. The topological polar surface area (TPSA) is 72.5 Å². The largest absolute Gasteiger partial charge is 0.449 e. The van der Waals surface area contributed by atoms with E-state index < -0.39 is 36.5 Å². The van der Waals surface area contributed by atoms with E-state index in [1.54, 1.807) is 0 Å². The number of rotatable bonds is 6. The molecule has 0 bridgehead atoms. The molecule has 18 heavy (non-hydrogen) atoms. The van der Waals surface area contributed by atoms with E-state index in [1.807, 2.05) is 0 Å². The molecular weight excluding hydrogens is 255 g/mol. The van der Waals surface area contributed by atoms with Crippen molar-refractivity contribution in [3.05, 3.63) is 0 Å². The monoisotopic (exact) mass is 267 g/mol. The van der Waals surface area contributed by atoms with Crippen LogP contribution in [0.1, 0.15) is 32.1 Å². The van der Waals surface area contributed by atoms with Gasteiger partial charge in [0.25, 0.3) is 0 Å². The highest BCUT2D eigenvalue weighted by molar-refractivity contribution is 5.95. The molecule has 0 aliphatic carbocycles. The third kappa shape index (κ3) is 4.34. The van der Waals surface area contributed by atoms with Gasteiger partial charge in [0.15, 0.2) is 0 Å². The Morgan fingerprint density at radius 3 is 2.39 bits per heavy atom. The van der Waals surface area contributed by atoms with Crippen LogP contribution in [0.15, 0.2) is 0 Å². The van der Waals surface area contributed by atoms with Gasteiger partial charge in [-0.15, -0.1) is 0 Å². The summed E-state index contributed by atoms with van der Waals surface area (Å²) < 4.78 is 39.7. The lowest BCUT2D eigenvalue weighted by molar-refractivity contribution is -0.171. The number of hydrogen-bond donors (Lipinski definition) is 1. The third-order valence-corrected chi connectivity index (χ3v) is 2.48. The summed E-state index contributed by atoms with van der Waals surface area (Å²) in [5, 5.41) is 2.27. The van der Waals surface area contributed by atoms with E-state index in [0.717, 1.165) is 0 Å². The number of ketones is 1. The summed E-state index contributed by atoms with van der Waals surface area (Å²) in [7, 11) is 0. The van der Waals surface area contributed by atoms with E-state index in [-0.39, 0.29) is 6.42 Å². The second kappa shape index (κ2) is 5.83. The third-order valence-electron chi connectivity index (χ3n) is 2.48. The summed E-state index contributed by atoms with van der Waals surface area (Å²) in [6.45, 7) is 0. The van der Waals surface area contributed by atoms with Crippen molar-refractivity contribution in [1.29, 1.82) is 0 Å². The Labute approximate surface area is 101 Å². The minimum atomic E-state index is -4.77. The van der Waals surface area contributed by atoms with Crippen molar-refractivity contribution in [2.24, 2.45) is 0 Å². The predicted molar refractivity (Wildman–Crippen MR) is 52.6 cm³/mol. The molecule has 0 aromatic carbocycles. The number of esters is 1. The molecule has 0 saturated carbocycles. The summed E-state index contributed by atoms with van der Waals surface area (Å²) in [6.07, 6.45) is -4.92. The van der Waals surface area contributed by atoms with Gasteiger partial charge < -0.3 is 10.1 Å². The van der Waals surface area contributed by atoms with Gasteiger partial charge >= 0.3 is 18.2 Å². The van der Waals surface area contributed by atoms with Gasteiger partial charge in [-0.2, -0.15) is 13.2 Å². The van der Waals surface area contributed by atoms with E-state index >= 15 is 0 Å². The molecule has 8 heteroatoms. The summed E-state index contributed by atoms with van der Waals surface area (Å²) in [4.78, 5) is 32.1. The van der Waals surface area contributed by atoms with E-state index in [4.69, 9.17) is 0 Å². The number of halogens is 3. The highest BCUT2D eigenvalue weighted by atomic mass is 19.4. The van der Waals surface area contributed by atoms with Crippen LogP contribution in [0, 0.1) is 0 Å². The molecule has 1 atom stereocenters. The molecule has 1 N–H and O–H groups in total. The standard InChI is InChI=1S/C10H12F3NO4/c11-10(12,13)7(15)5-3-1-2-4-6-8(16)18-9(17)14-6/h6H,1-5H2,(H,14,17). The Kier molecular flexibility index (Phi) is 4.69. The Hall–Kier alpha value is -1.60. The highest BCUT2D eigenvalue weighted by Crippen LogP contribution is 2.20. The van der Waals surface area contributed by atoms with Gasteiger partial charge in [-0.1, -0.05) is 12.8 Å². The zero-order chi connectivity index (χ0) is 13.8. The molecule has 1 rings (SSSR count). The lowest BCUT2D eigenvalue weighted by Crippen LogP contribution is -2.28. The average molecular weight is 267 g/mol. The molecule has 1 saturated heterocycles. The van der Waals surface area contributed by atoms with Crippen LogP contribution in [0.25, 0.3) is 0 Å². The first kappa shape index (κ1) is 14.5. The highest BCUT2D eigenvalue weighted by Gasteiger charge is 2.37. The molecule has 102 valence electrons. The molecule has 0 spiro atoms. The Bertz CT molecular complexity index is 354. The maximum Gasteiger partial charge on any atom is 0.449 e. The summed E-state index contributed by atoms with van der Waals surface area (Å²) in [5.74, 6) is -2.41. The lowest BCUT2D eigenvalue weighted by Gasteiger charge is -2.06. The van der Waals surface area contributed by atoms with Gasteiger partial charge in [0, 0.05) is 6.42 Å². The minimum Gasteiger partial charge on any atom is -0.375 e. The number of nitrogens with one attached hydrogen (secondary N) is 1. The maximum absolute atomic E-state index is 11.8. The molecule has 5 nitrogen and oxygen atoms in total. The first-order valence-corrected chi connectivity index (χ1v) is 5.43. The maximum atomic E-state index is 11.8. The van der Waals surface area contributed by atoms with Crippen LogP contribution in [0.3, 0.4) is 0 Å². The number of carbonyl (C=O) groups excluding carboxylic acids is 3. The van der Waals surface area contributed by atoms with Gasteiger partial charge in [0.2, 0.25) is 5.78 Å². The van der Waals surface area contributed by atoms with Crippen molar-refractivity contribution >= 4 is 17.8 Å². The summed E-state index contributed by atoms with van der Waals surface area (Å²) in [5.41, 5.74) is 0. The Morgan fingerprint density at radius 2 is 1.89 bits per heavy atom. The van der Waals surface area contributed by atoms with Crippen molar-refractivity contribution in [3.63, 3.8) is 0 Å². The number of alkyl carbamates (subject to hydrolysis) is 1. The molecule has 1 aliphatic rings. The van der Waals surface area contributed by atoms with Crippen LogP contribution in [0.2, 0.25) is 0 Å². The molecule has 0 aromatic heterocycles. The molecule has 0 aromatic rings. The van der Waals surface area contributed by atoms with Crippen molar-refractivity contribution in [2.75, 3.05) is 0 Å². The number of alkyl halides is 3. The van der Waals surface area contributed by atoms with Crippen LogP contribution in [-0.4, -0.2) is 30.1 Å². The van der Waals surface area contributed by atoms with Crippen LogP contribution < -0.4 is 5.32 Å². The zero-order valence-electron chi connectivity index (χ0n) is 9.38. The van der Waals surface area contributed by atoms with E-state index in [2.05, 4.69) is 10.1 Å². The van der Waals surface area contributed by atoms with Crippen LogP contribution in [0.5, 0.6) is 0 Å². The number of amides is 1. The number of unbranched alkanes of at least 4 members (excludes halogenated alkanes) is 2. The molecule has 1 unspecified atom stereocenters. The van der Waals surface area contributed by atoms with Gasteiger partial charge in [-0.05, 0) is 12.8 Å². The second-order valence-corrected chi connectivity index (χ2v) is 3.93. The summed E-state index contributed by atoms with van der Waals surface area (Å²) in [6, 6.07) is -0.726. The van der Waals surface area contributed by atoms with E-state index in [1.165, 1.54) is 0 Å². The molecule has 1 heterocycles. The van der Waals surface area contributed by atoms with Crippen molar-refractivity contribution in [3.8, 4) is 0 Å². The number of Topliss-reactive ketones (excluding diaryl/α,β-unsaturated/α-hetero) is 1. The SMILES string of the molecule is O=C1NC(CCCCCC(=O)C(F)(F)F)C(=O)O1. The summed E-state index contributed by atoms with van der Waals surface area (Å²) >= 11 is 0. The average Bonchev–Trinajstić information content (AvgIpc) is 2.55. The Morgan fingerprint density at radius 1 is 1.22 bits per heavy atom. The number of carbonyl (C=O) groups is 3. The zero-order valence-corrected chi connectivity index (χ0v) is 9.38. The van der Waals surface area contributed by atoms with Crippen LogP contribution in [0.4, 0.5) is 18.0 Å². The lowest BCUT2D eigenvalue weighted by atomic mass is 10.1. The van der Waals surface area contributed by atoms with Gasteiger partial charge in [-0.3, -0.25) is 4.79 Å². The van der Waals surface area contributed by atoms with E-state index in [9.17, 15) is 27.6 Å². The predicted octanol–water partition coefficient (Wildman–Crippen LogP) is 1.70. The molecule has 0 radical (unpaired) electrons. The second-order valence-electron chi connectivity index (χ2n) is 3.93. The minimum absolute atomic E-state index is 0.105. The first-order valence-electron chi connectivity index (χ1n) is 5.43. The number of ether oxygens (including phenoxy) is 1. The van der Waals surface area contributed by atoms with Gasteiger partial charge in [0.05, 0.1) is 0 Å². The van der Waals surface area contributed by atoms with Crippen molar-refractivity contribution in [1.82, 2.24) is 5.32 Å². The molecule has 1 aliphatic heterocycles. The fourth-order valence-corrected chi connectivity index (χ4v) is 1.54. The molecular formula is C10H12F3NO4. The molecule has 1 amide bonds. The van der Waals surface area contributed by atoms with Gasteiger partial charge in [-0.25, -0.2) is 9.59 Å². The quantitative estimate of drug-likeness (QED) is 0.451. The smallest absolute Gasteiger partial charge is 0.375 e. The van der Waals surface area contributed by atoms with Crippen molar-refractivity contribution < 1.29 is 32.3 Å². The van der Waals surface area contributed by atoms with Gasteiger partial charge in [0.1, 0.15) is 6.04 Å².